The maximum Gasteiger partial charge on any atom is 0.251 e. The fourth-order valence-corrected chi connectivity index (χ4v) is 1.97. The first-order valence-corrected chi connectivity index (χ1v) is 6.70. The van der Waals surface area contributed by atoms with Crippen LogP contribution in [0.15, 0.2) is 24.3 Å². The second kappa shape index (κ2) is 10.7. The van der Waals surface area contributed by atoms with Gasteiger partial charge < -0.3 is 16.0 Å². The molecule has 6 heteroatoms. The molecule has 1 amide bonds. The van der Waals surface area contributed by atoms with Crippen molar-refractivity contribution in [3.8, 4) is 0 Å². The van der Waals surface area contributed by atoms with E-state index in [1.807, 2.05) is 14.1 Å². The molecule has 21 heavy (non-hydrogen) atoms. The Bertz CT molecular complexity index is 408. The zero-order chi connectivity index (χ0) is 14.4. The second-order valence-electron chi connectivity index (χ2n) is 5.58. The number of carbonyl (C=O) groups excluding carboxylic acids is 1. The molecule has 0 bridgehead atoms. The first-order valence-electron chi connectivity index (χ1n) is 6.70. The molecule has 0 saturated heterocycles. The third kappa shape index (κ3) is 8.15. The van der Waals surface area contributed by atoms with Crippen molar-refractivity contribution in [3.05, 3.63) is 29.8 Å². The number of nitrogens with one attached hydrogen (secondary N) is 1. The predicted molar refractivity (Wildman–Crippen MR) is 94.6 cm³/mol. The minimum atomic E-state index is -0.0457. The monoisotopic (exact) mass is 335 g/mol. The van der Waals surface area contributed by atoms with Gasteiger partial charge in [-0.15, -0.1) is 24.8 Å². The van der Waals surface area contributed by atoms with Gasteiger partial charge >= 0.3 is 0 Å². The fraction of sp³-hybridized carbons (Fsp3) is 0.533. The summed E-state index contributed by atoms with van der Waals surface area (Å²) in [6.45, 7) is 5.05. The van der Waals surface area contributed by atoms with E-state index in [0.717, 1.165) is 6.42 Å². The highest BCUT2D eigenvalue weighted by Gasteiger charge is 2.15. The van der Waals surface area contributed by atoms with Crippen molar-refractivity contribution < 1.29 is 4.79 Å². The number of nitrogens with zero attached hydrogens (tertiary/aromatic N) is 1. The van der Waals surface area contributed by atoms with Gasteiger partial charge in [0.15, 0.2) is 0 Å². The summed E-state index contributed by atoms with van der Waals surface area (Å²) >= 11 is 0. The number of amides is 1. The molecule has 1 aromatic carbocycles. The largest absolute Gasteiger partial charge is 0.399 e. The lowest BCUT2D eigenvalue weighted by Gasteiger charge is -2.26. The fourth-order valence-electron chi connectivity index (χ4n) is 1.97. The minimum absolute atomic E-state index is 0. The van der Waals surface area contributed by atoms with Gasteiger partial charge in [-0.05, 0) is 50.7 Å². The van der Waals surface area contributed by atoms with Crippen LogP contribution in [0.4, 0.5) is 5.69 Å². The Balaban J connectivity index is 0. The quantitative estimate of drug-likeness (QED) is 0.786. The average Bonchev–Trinajstić information content (AvgIpc) is 2.34. The Hall–Kier alpha value is -0.970. The number of hydrogen-bond acceptors (Lipinski definition) is 3. The Morgan fingerprint density at radius 2 is 1.71 bits per heavy atom. The van der Waals surface area contributed by atoms with Crippen LogP contribution in [-0.2, 0) is 0 Å². The molecule has 0 heterocycles. The van der Waals surface area contributed by atoms with E-state index in [9.17, 15) is 4.79 Å². The van der Waals surface area contributed by atoms with Crippen LogP contribution < -0.4 is 11.1 Å². The van der Waals surface area contributed by atoms with Crippen molar-refractivity contribution in [3.63, 3.8) is 0 Å². The highest BCUT2D eigenvalue weighted by molar-refractivity contribution is 5.94. The average molecular weight is 336 g/mol. The van der Waals surface area contributed by atoms with E-state index >= 15 is 0 Å². The Kier molecular flexibility index (Phi) is 11.4. The van der Waals surface area contributed by atoms with Crippen LogP contribution in [0.3, 0.4) is 0 Å². The van der Waals surface area contributed by atoms with Crippen molar-refractivity contribution in [1.82, 2.24) is 10.2 Å². The summed E-state index contributed by atoms with van der Waals surface area (Å²) in [5.74, 6) is 0.566. The number of nitrogens with two attached hydrogens (primary N) is 1. The topological polar surface area (TPSA) is 58.4 Å². The molecule has 0 aliphatic carbocycles. The van der Waals surface area contributed by atoms with Gasteiger partial charge in [0.2, 0.25) is 0 Å². The van der Waals surface area contributed by atoms with Gasteiger partial charge in [-0.1, -0.05) is 13.8 Å². The molecule has 122 valence electrons. The van der Waals surface area contributed by atoms with Crippen molar-refractivity contribution >= 4 is 36.4 Å². The van der Waals surface area contributed by atoms with E-state index in [2.05, 4.69) is 24.1 Å². The van der Waals surface area contributed by atoms with Gasteiger partial charge in [-0.3, -0.25) is 4.79 Å². The van der Waals surface area contributed by atoms with Crippen molar-refractivity contribution in [2.45, 2.75) is 26.3 Å². The van der Waals surface area contributed by atoms with Gasteiger partial charge in [0.1, 0.15) is 0 Å². The third-order valence-corrected chi connectivity index (χ3v) is 3.14. The van der Waals surface area contributed by atoms with Gasteiger partial charge in [-0.25, -0.2) is 0 Å². The lowest BCUT2D eigenvalue weighted by atomic mass is 10.0. The van der Waals surface area contributed by atoms with E-state index in [1.165, 1.54) is 0 Å². The number of nitrogen functional groups attached to an aromatic ring is 1. The van der Waals surface area contributed by atoms with Crippen LogP contribution in [0.25, 0.3) is 0 Å². The van der Waals surface area contributed by atoms with Crippen LogP contribution >= 0.6 is 24.8 Å². The summed E-state index contributed by atoms with van der Waals surface area (Å²) in [6, 6.07) is 7.34. The van der Waals surface area contributed by atoms with Crippen LogP contribution in [0.5, 0.6) is 0 Å². The predicted octanol–water partition coefficient (Wildman–Crippen LogP) is 2.82. The van der Waals surface area contributed by atoms with Gasteiger partial charge in [0, 0.05) is 23.8 Å². The summed E-state index contributed by atoms with van der Waals surface area (Å²) in [6.07, 6.45) is 1.06. The standard InChI is InChI=1S/C15H25N3O.2ClH/c1-11(2)9-14(18(3)4)10-17-15(19)12-5-7-13(16)8-6-12;;/h5-8,11,14H,9-10,16H2,1-4H3,(H,17,19);2*1H. The SMILES string of the molecule is CC(C)CC(CNC(=O)c1ccc(N)cc1)N(C)C.Cl.Cl. The molecule has 0 aliphatic heterocycles. The van der Waals surface area contributed by atoms with Crippen LogP contribution in [0.2, 0.25) is 0 Å². The van der Waals surface area contributed by atoms with E-state index in [0.29, 0.717) is 29.8 Å². The third-order valence-electron chi connectivity index (χ3n) is 3.14. The lowest BCUT2D eigenvalue weighted by Crippen LogP contribution is -2.41. The Morgan fingerprint density at radius 1 is 1.19 bits per heavy atom. The molecule has 0 aliphatic rings. The number of benzene rings is 1. The summed E-state index contributed by atoms with van der Waals surface area (Å²) in [4.78, 5) is 14.2. The minimum Gasteiger partial charge on any atom is -0.399 e. The molecule has 1 atom stereocenters. The molecule has 1 unspecified atom stereocenters. The lowest BCUT2D eigenvalue weighted by molar-refractivity contribution is 0.0938. The molecule has 0 fully saturated rings. The van der Waals surface area contributed by atoms with Crippen molar-refractivity contribution in [2.75, 3.05) is 26.4 Å². The number of carbonyl (C=O) groups is 1. The maximum absolute atomic E-state index is 12.0. The van der Waals surface area contributed by atoms with E-state index < -0.39 is 0 Å². The van der Waals surface area contributed by atoms with Crippen molar-refractivity contribution in [2.24, 2.45) is 5.92 Å². The molecule has 1 rings (SSSR count). The number of likely N-dealkylation sites (N-methyl/N-ethyl adjacent to an activating group) is 1. The molecule has 0 aromatic heterocycles. The summed E-state index contributed by atoms with van der Waals surface area (Å²) in [5.41, 5.74) is 6.92. The van der Waals surface area contributed by atoms with E-state index in [4.69, 9.17) is 5.73 Å². The summed E-state index contributed by atoms with van der Waals surface area (Å²) < 4.78 is 0. The van der Waals surface area contributed by atoms with Crippen LogP contribution in [-0.4, -0.2) is 37.5 Å². The van der Waals surface area contributed by atoms with Crippen LogP contribution in [0.1, 0.15) is 30.6 Å². The molecular formula is C15H27Cl2N3O. The number of rotatable bonds is 6. The second-order valence-corrected chi connectivity index (χ2v) is 5.58. The summed E-state index contributed by atoms with van der Waals surface area (Å²) in [5, 5.41) is 2.98. The molecular weight excluding hydrogens is 309 g/mol. The number of hydrogen-bond donors (Lipinski definition) is 2. The maximum atomic E-state index is 12.0. The Morgan fingerprint density at radius 3 is 2.14 bits per heavy atom. The first kappa shape index (κ1) is 22.3. The number of anilines is 1. The Labute approximate surface area is 140 Å². The molecule has 0 saturated carbocycles. The highest BCUT2D eigenvalue weighted by atomic mass is 35.5. The van der Waals surface area contributed by atoms with Gasteiger partial charge in [-0.2, -0.15) is 0 Å². The van der Waals surface area contributed by atoms with Gasteiger partial charge in [0.05, 0.1) is 0 Å². The zero-order valence-corrected chi connectivity index (χ0v) is 14.8. The smallest absolute Gasteiger partial charge is 0.251 e. The molecule has 3 N–H and O–H groups in total. The first-order chi connectivity index (χ1) is 8.90. The van der Waals surface area contributed by atoms with Crippen LogP contribution in [0, 0.1) is 5.92 Å². The number of halogens is 2. The van der Waals surface area contributed by atoms with E-state index in [1.54, 1.807) is 24.3 Å². The van der Waals surface area contributed by atoms with Crippen molar-refractivity contribution in [1.29, 1.82) is 0 Å². The molecule has 4 nitrogen and oxygen atoms in total. The highest BCUT2D eigenvalue weighted by Crippen LogP contribution is 2.09. The summed E-state index contributed by atoms with van der Waals surface area (Å²) in [7, 11) is 4.09. The normalized spacial score (nSPS) is 11.5. The molecule has 0 radical (unpaired) electrons. The zero-order valence-electron chi connectivity index (χ0n) is 13.1. The van der Waals surface area contributed by atoms with E-state index in [-0.39, 0.29) is 30.7 Å². The molecule has 0 spiro atoms. The van der Waals surface area contributed by atoms with Gasteiger partial charge in [0.25, 0.3) is 5.91 Å². The molecule has 1 aromatic rings.